The molecule has 1 nitrogen and oxygen atoms in total. The molecule has 3 atom stereocenters. The van der Waals surface area contributed by atoms with Gasteiger partial charge in [0.15, 0.2) is 0 Å². The van der Waals surface area contributed by atoms with Gasteiger partial charge in [-0.2, -0.15) is 12.6 Å². The number of hydrogen-bond acceptors (Lipinski definition) is 2. The highest BCUT2D eigenvalue weighted by molar-refractivity contribution is 7.81. The fourth-order valence-corrected chi connectivity index (χ4v) is 2.48. The quantitative estimate of drug-likeness (QED) is 0.606. The van der Waals surface area contributed by atoms with Crippen LogP contribution in [0.5, 0.6) is 0 Å². The maximum absolute atomic E-state index is 9.83. The molecule has 0 heterocycles. The Bertz CT molecular complexity index is 150. The smallest absolute Gasteiger partial charge is 0.0583 e. The normalized spacial score (nSPS) is 38.2. The summed E-state index contributed by atoms with van der Waals surface area (Å²) in [7, 11) is 0. The van der Waals surface area contributed by atoms with Gasteiger partial charge in [-0.3, -0.25) is 0 Å². The van der Waals surface area contributed by atoms with Crippen molar-refractivity contribution in [1.29, 1.82) is 0 Å². The minimum atomic E-state index is -0.138. The number of aliphatic hydroxyl groups excluding tert-OH is 1. The average Bonchev–Trinajstić information content (AvgIpc) is 1.83. The van der Waals surface area contributed by atoms with Gasteiger partial charge in [-0.15, -0.1) is 0 Å². The molecular formula is C10H20OS. The fraction of sp³-hybridized carbons (Fsp3) is 1.00. The Morgan fingerprint density at radius 1 is 1.33 bits per heavy atom. The topological polar surface area (TPSA) is 20.2 Å². The first-order chi connectivity index (χ1) is 5.41. The summed E-state index contributed by atoms with van der Waals surface area (Å²) in [6, 6.07) is 0. The zero-order valence-corrected chi connectivity index (χ0v) is 9.14. The van der Waals surface area contributed by atoms with Gasteiger partial charge in [0.05, 0.1) is 6.10 Å². The zero-order chi connectivity index (χ0) is 9.35. The summed E-state index contributed by atoms with van der Waals surface area (Å²) in [5, 5.41) is 9.83. The molecule has 1 aliphatic rings. The Morgan fingerprint density at radius 2 is 1.92 bits per heavy atom. The molecule has 1 rings (SSSR count). The summed E-state index contributed by atoms with van der Waals surface area (Å²) in [5.41, 5.74) is 0. The lowest BCUT2D eigenvalue weighted by atomic mass is 9.75. The highest BCUT2D eigenvalue weighted by Crippen LogP contribution is 2.38. The van der Waals surface area contributed by atoms with Crippen LogP contribution >= 0.6 is 12.6 Å². The molecule has 0 aromatic rings. The predicted molar refractivity (Wildman–Crippen MR) is 55.6 cm³/mol. The van der Waals surface area contributed by atoms with Crippen LogP contribution < -0.4 is 0 Å². The summed E-state index contributed by atoms with van der Waals surface area (Å²) in [6.45, 7) is 6.41. The molecule has 0 saturated heterocycles. The molecule has 1 N–H and O–H groups in total. The van der Waals surface area contributed by atoms with E-state index in [1.165, 1.54) is 6.42 Å². The molecule has 0 amide bonds. The van der Waals surface area contributed by atoms with Crippen LogP contribution in [0.25, 0.3) is 0 Å². The van der Waals surface area contributed by atoms with Gasteiger partial charge < -0.3 is 5.11 Å². The third-order valence-corrected chi connectivity index (χ3v) is 3.32. The van der Waals surface area contributed by atoms with Crippen LogP contribution in [0.3, 0.4) is 0 Å². The Morgan fingerprint density at radius 3 is 2.33 bits per heavy atom. The summed E-state index contributed by atoms with van der Waals surface area (Å²) in [6.07, 6.45) is 3.18. The summed E-state index contributed by atoms with van der Waals surface area (Å²) in [4.78, 5) is 0. The number of rotatable bonds is 1. The Hall–Kier alpha value is 0.310. The minimum Gasteiger partial charge on any atom is -0.393 e. The molecule has 1 fully saturated rings. The van der Waals surface area contributed by atoms with Crippen molar-refractivity contribution in [3.63, 3.8) is 0 Å². The van der Waals surface area contributed by atoms with Crippen LogP contribution in [0.1, 0.15) is 40.0 Å². The van der Waals surface area contributed by atoms with E-state index in [4.69, 9.17) is 0 Å². The monoisotopic (exact) mass is 188 g/mol. The van der Waals surface area contributed by atoms with Crippen molar-refractivity contribution in [2.45, 2.75) is 50.9 Å². The second-order valence-corrected chi connectivity index (χ2v) is 5.90. The number of hydrogen-bond donors (Lipinski definition) is 2. The second kappa shape index (κ2) is 3.59. The van der Waals surface area contributed by atoms with E-state index in [1.807, 2.05) is 0 Å². The summed E-state index contributed by atoms with van der Waals surface area (Å²) < 4.78 is -0.0282. The third-order valence-electron chi connectivity index (χ3n) is 2.99. The summed E-state index contributed by atoms with van der Waals surface area (Å²) in [5.74, 6) is 1.06. The first kappa shape index (κ1) is 10.4. The largest absolute Gasteiger partial charge is 0.393 e. The molecule has 0 spiro atoms. The zero-order valence-electron chi connectivity index (χ0n) is 8.25. The van der Waals surface area contributed by atoms with Crippen LogP contribution in [-0.4, -0.2) is 16.0 Å². The van der Waals surface area contributed by atoms with E-state index >= 15 is 0 Å². The van der Waals surface area contributed by atoms with Gasteiger partial charge in [-0.05, 0) is 24.7 Å². The van der Waals surface area contributed by atoms with Gasteiger partial charge in [0.2, 0.25) is 0 Å². The lowest BCUT2D eigenvalue weighted by molar-refractivity contribution is 0.0353. The van der Waals surface area contributed by atoms with E-state index in [0.29, 0.717) is 11.8 Å². The molecule has 2 heteroatoms. The molecule has 0 unspecified atom stereocenters. The molecule has 0 radical (unpaired) electrons. The molecule has 1 saturated carbocycles. The van der Waals surface area contributed by atoms with Crippen molar-refractivity contribution >= 4 is 12.6 Å². The number of aliphatic hydroxyl groups is 1. The fourth-order valence-electron chi connectivity index (χ4n) is 2.17. The molecule has 1 aliphatic carbocycles. The van der Waals surface area contributed by atoms with Gasteiger partial charge >= 0.3 is 0 Å². The maximum atomic E-state index is 9.83. The van der Waals surface area contributed by atoms with E-state index in [2.05, 4.69) is 33.4 Å². The SMILES string of the molecule is C[C@@H]1CC[C@@H](C(C)(C)S)[C@@H](O)C1. The van der Waals surface area contributed by atoms with Crippen LogP contribution in [0, 0.1) is 11.8 Å². The van der Waals surface area contributed by atoms with Crippen molar-refractivity contribution in [2.24, 2.45) is 11.8 Å². The Labute approximate surface area is 81.0 Å². The van der Waals surface area contributed by atoms with Crippen molar-refractivity contribution in [1.82, 2.24) is 0 Å². The van der Waals surface area contributed by atoms with Gasteiger partial charge in [-0.25, -0.2) is 0 Å². The van der Waals surface area contributed by atoms with Gasteiger partial charge in [0.1, 0.15) is 0 Å². The Kier molecular flexibility index (Phi) is 3.11. The van der Waals surface area contributed by atoms with Crippen LogP contribution in [0.4, 0.5) is 0 Å². The Balaban J connectivity index is 2.57. The first-order valence-corrected chi connectivity index (χ1v) is 5.26. The highest BCUT2D eigenvalue weighted by Gasteiger charge is 2.35. The molecule has 0 bridgehead atoms. The molecule has 0 aliphatic heterocycles. The van der Waals surface area contributed by atoms with Crippen molar-refractivity contribution in [3.05, 3.63) is 0 Å². The van der Waals surface area contributed by atoms with Crippen molar-refractivity contribution in [3.8, 4) is 0 Å². The lowest BCUT2D eigenvalue weighted by Gasteiger charge is -2.39. The van der Waals surface area contributed by atoms with Crippen LogP contribution in [-0.2, 0) is 0 Å². The molecule has 72 valence electrons. The van der Waals surface area contributed by atoms with Gasteiger partial charge in [0.25, 0.3) is 0 Å². The molecule has 0 aromatic heterocycles. The highest BCUT2D eigenvalue weighted by atomic mass is 32.1. The predicted octanol–water partition coefficient (Wildman–Crippen LogP) is 2.49. The molecular weight excluding hydrogens is 168 g/mol. The first-order valence-electron chi connectivity index (χ1n) is 4.81. The van der Waals surface area contributed by atoms with E-state index in [1.54, 1.807) is 0 Å². The van der Waals surface area contributed by atoms with E-state index in [-0.39, 0.29) is 10.9 Å². The summed E-state index contributed by atoms with van der Waals surface area (Å²) >= 11 is 4.53. The van der Waals surface area contributed by atoms with Gasteiger partial charge in [-0.1, -0.05) is 27.2 Å². The molecule has 0 aromatic carbocycles. The standard InChI is InChI=1S/C10H20OS/c1-7-4-5-8(9(11)6-7)10(2,3)12/h7-9,11-12H,4-6H2,1-3H3/t7-,8-,9+/m1/s1. The van der Waals surface area contributed by atoms with Crippen LogP contribution in [0.15, 0.2) is 0 Å². The number of thiol groups is 1. The lowest BCUT2D eigenvalue weighted by Crippen LogP contribution is -2.39. The maximum Gasteiger partial charge on any atom is 0.0583 e. The average molecular weight is 188 g/mol. The third kappa shape index (κ3) is 2.40. The van der Waals surface area contributed by atoms with Crippen molar-refractivity contribution in [2.75, 3.05) is 0 Å². The minimum absolute atomic E-state index is 0.0282. The van der Waals surface area contributed by atoms with E-state index < -0.39 is 0 Å². The van der Waals surface area contributed by atoms with Crippen molar-refractivity contribution < 1.29 is 5.11 Å². The van der Waals surface area contributed by atoms with E-state index in [0.717, 1.165) is 12.8 Å². The van der Waals surface area contributed by atoms with Gasteiger partial charge in [0, 0.05) is 4.75 Å². The second-order valence-electron chi connectivity index (χ2n) is 4.75. The molecule has 12 heavy (non-hydrogen) atoms. The van der Waals surface area contributed by atoms with Crippen LogP contribution in [0.2, 0.25) is 0 Å². The van der Waals surface area contributed by atoms with E-state index in [9.17, 15) is 5.11 Å².